The van der Waals surface area contributed by atoms with Crippen molar-refractivity contribution in [3.05, 3.63) is 77.4 Å². The molecule has 1 aliphatic carbocycles. The quantitative estimate of drug-likeness (QED) is 0.430. The molecule has 0 radical (unpaired) electrons. The van der Waals surface area contributed by atoms with Gasteiger partial charge in [0.2, 0.25) is 0 Å². The van der Waals surface area contributed by atoms with Gasteiger partial charge < -0.3 is 4.74 Å². The van der Waals surface area contributed by atoms with E-state index in [9.17, 15) is 14.0 Å². The molecule has 1 saturated carbocycles. The van der Waals surface area contributed by atoms with E-state index in [4.69, 9.17) is 9.72 Å². The number of hydrogen-bond acceptors (Lipinski definition) is 5. The van der Waals surface area contributed by atoms with Crippen molar-refractivity contribution in [1.82, 2.24) is 19.7 Å². The monoisotopic (exact) mass is 460 g/mol. The van der Waals surface area contributed by atoms with Crippen LogP contribution in [-0.4, -0.2) is 44.6 Å². The summed E-state index contributed by atoms with van der Waals surface area (Å²) in [7, 11) is 0. The highest BCUT2D eigenvalue weighted by atomic mass is 19.1. The molecule has 8 heteroatoms. The number of amides is 2. The number of imide groups is 1. The van der Waals surface area contributed by atoms with Crippen LogP contribution in [-0.2, 0) is 6.54 Å². The van der Waals surface area contributed by atoms with E-state index in [1.54, 1.807) is 36.4 Å². The van der Waals surface area contributed by atoms with Gasteiger partial charge >= 0.3 is 0 Å². The second-order valence-corrected chi connectivity index (χ2v) is 8.61. The van der Waals surface area contributed by atoms with Crippen LogP contribution in [0, 0.1) is 0 Å². The summed E-state index contributed by atoms with van der Waals surface area (Å²) in [5, 5.41) is 4.67. The molecule has 2 aromatic carbocycles. The Morgan fingerprint density at radius 3 is 2.35 bits per heavy atom. The highest BCUT2D eigenvalue weighted by Gasteiger charge is 2.35. The van der Waals surface area contributed by atoms with E-state index in [0.29, 0.717) is 34.9 Å². The van der Waals surface area contributed by atoms with Crippen LogP contribution in [0.1, 0.15) is 58.6 Å². The Balaban J connectivity index is 1.22. The van der Waals surface area contributed by atoms with E-state index in [1.165, 1.54) is 12.8 Å². The topological polar surface area (TPSA) is 77.3 Å². The third-order valence-corrected chi connectivity index (χ3v) is 6.01. The highest BCUT2D eigenvalue weighted by molar-refractivity contribution is 6.21. The van der Waals surface area contributed by atoms with Gasteiger partial charge in [0.05, 0.1) is 24.0 Å². The standard InChI is InChI=1S/C26H25FN4O3/c1-2-13-31-24(19-7-8-19)28-23(29-31)18-9-11-20(12-10-18)34-16-17(14-27)15-30-25(32)21-5-3-4-6-22(21)26(30)33/h3-6,9-12,14,19H,2,7-8,13,15-16H2,1H3/b17-14+. The molecule has 2 aliphatic rings. The Bertz CT molecular complexity index is 1230. The molecule has 0 atom stereocenters. The van der Waals surface area contributed by atoms with Crippen LogP contribution in [0.3, 0.4) is 0 Å². The molecule has 34 heavy (non-hydrogen) atoms. The van der Waals surface area contributed by atoms with E-state index >= 15 is 0 Å². The van der Waals surface area contributed by atoms with Crippen molar-refractivity contribution in [3.63, 3.8) is 0 Å². The average Bonchev–Trinajstić information content (AvgIpc) is 3.58. The van der Waals surface area contributed by atoms with Crippen molar-refractivity contribution < 1.29 is 18.7 Å². The van der Waals surface area contributed by atoms with Crippen LogP contribution in [0.25, 0.3) is 11.4 Å². The Morgan fingerprint density at radius 2 is 1.76 bits per heavy atom. The van der Waals surface area contributed by atoms with Gasteiger partial charge in [0.1, 0.15) is 18.2 Å². The Hall–Kier alpha value is -3.81. The van der Waals surface area contributed by atoms with Crippen molar-refractivity contribution in [2.45, 2.75) is 38.6 Å². The zero-order valence-electron chi connectivity index (χ0n) is 18.9. The summed E-state index contributed by atoms with van der Waals surface area (Å²) in [5.41, 5.74) is 1.74. The molecule has 1 aliphatic heterocycles. The number of aryl methyl sites for hydroxylation is 1. The fraction of sp³-hybridized carbons (Fsp3) is 0.308. The molecule has 2 heterocycles. The Labute approximate surface area is 196 Å². The van der Waals surface area contributed by atoms with E-state index in [1.807, 2.05) is 16.8 Å². The predicted molar refractivity (Wildman–Crippen MR) is 124 cm³/mol. The van der Waals surface area contributed by atoms with Gasteiger partial charge in [-0.25, -0.2) is 14.1 Å². The van der Waals surface area contributed by atoms with E-state index in [2.05, 4.69) is 12.0 Å². The van der Waals surface area contributed by atoms with Gasteiger partial charge in [-0.2, -0.15) is 5.10 Å². The van der Waals surface area contributed by atoms with Gasteiger partial charge in [0.15, 0.2) is 5.82 Å². The minimum atomic E-state index is -0.426. The molecule has 0 saturated heterocycles. The van der Waals surface area contributed by atoms with Crippen LogP contribution in [0.5, 0.6) is 5.75 Å². The van der Waals surface area contributed by atoms with Crippen molar-refractivity contribution in [2.75, 3.05) is 13.2 Å². The molecule has 1 aromatic heterocycles. The van der Waals surface area contributed by atoms with Crippen molar-refractivity contribution in [2.24, 2.45) is 0 Å². The lowest BCUT2D eigenvalue weighted by Gasteiger charge is -2.16. The normalized spacial score (nSPS) is 15.7. The second-order valence-electron chi connectivity index (χ2n) is 8.61. The number of halogens is 1. The minimum absolute atomic E-state index is 0.0849. The lowest BCUT2D eigenvalue weighted by Crippen LogP contribution is -2.32. The summed E-state index contributed by atoms with van der Waals surface area (Å²) in [6, 6.07) is 13.9. The molecule has 174 valence electrons. The SMILES string of the molecule is CCCn1nc(-c2ccc(OC/C(=C/F)CN3C(=O)c4ccccc4C3=O)cc2)nc1C1CC1. The lowest BCUT2D eigenvalue weighted by molar-refractivity contribution is 0.0664. The van der Waals surface area contributed by atoms with Crippen LogP contribution in [0.2, 0.25) is 0 Å². The molecule has 5 rings (SSSR count). The molecule has 7 nitrogen and oxygen atoms in total. The predicted octanol–water partition coefficient (Wildman–Crippen LogP) is 4.76. The first-order valence-electron chi connectivity index (χ1n) is 11.5. The average molecular weight is 461 g/mol. The number of carbonyl (C=O) groups excluding carboxylic acids is 2. The molecule has 3 aromatic rings. The van der Waals surface area contributed by atoms with Gasteiger partial charge in [-0.3, -0.25) is 14.5 Å². The first kappa shape index (κ1) is 22.0. The number of fused-ring (bicyclic) bond motifs is 1. The van der Waals surface area contributed by atoms with Crippen LogP contribution >= 0.6 is 0 Å². The van der Waals surface area contributed by atoms with Crippen molar-refractivity contribution >= 4 is 11.8 Å². The zero-order valence-corrected chi connectivity index (χ0v) is 18.9. The number of ether oxygens (including phenoxy) is 1. The number of aromatic nitrogens is 3. The molecule has 0 N–H and O–H groups in total. The van der Waals surface area contributed by atoms with Crippen LogP contribution in [0.4, 0.5) is 4.39 Å². The van der Waals surface area contributed by atoms with E-state index < -0.39 is 11.8 Å². The summed E-state index contributed by atoms with van der Waals surface area (Å²) >= 11 is 0. The molecular formula is C26H25FN4O3. The van der Waals surface area contributed by atoms with Gasteiger partial charge in [0, 0.05) is 23.6 Å². The summed E-state index contributed by atoms with van der Waals surface area (Å²) in [5.74, 6) is 1.96. The molecule has 0 unspecified atom stereocenters. The van der Waals surface area contributed by atoms with Gasteiger partial charge in [-0.15, -0.1) is 0 Å². The smallest absolute Gasteiger partial charge is 0.261 e. The second kappa shape index (κ2) is 9.21. The van der Waals surface area contributed by atoms with Crippen molar-refractivity contribution in [3.8, 4) is 17.1 Å². The maximum Gasteiger partial charge on any atom is 0.261 e. The minimum Gasteiger partial charge on any atom is -0.489 e. The molecule has 2 amide bonds. The highest BCUT2D eigenvalue weighted by Crippen LogP contribution is 2.39. The molecule has 0 spiro atoms. The van der Waals surface area contributed by atoms with E-state index in [-0.39, 0.29) is 18.7 Å². The van der Waals surface area contributed by atoms with Crippen molar-refractivity contribution in [1.29, 1.82) is 0 Å². The van der Waals surface area contributed by atoms with Gasteiger partial charge in [-0.05, 0) is 55.7 Å². The first-order valence-corrected chi connectivity index (χ1v) is 11.5. The summed E-state index contributed by atoms with van der Waals surface area (Å²) in [6.07, 6.45) is 3.72. The number of carbonyl (C=O) groups is 2. The zero-order chi connectivity index (χ0) is 23.7. The lowest BCUT2D eigenvalue weighted by atomic mass is 10.1. The third kappa shape index (κ3) is 4.23. The summed E-state index contributed by atoms with van der Waals surface area (Å²) in [6.45, 7) is 2.73. The fourth-order valence-electron chi connectivity index (χ4n) is 4.07. The van der Waals surface area contributed by atoms with Gasteiger partial charge in [0.25, 0.3) is 11.8 Å². The Kier molecular flexibility index (Phi) is 5.96. The van der Waals surface area contributed by atoms with Crippen LogP contribution in [0.15, 0.2) is 60.4 Å². The van der Waals surface area contributed by atoms with Crippen LogP contribution < -0.4 is 4.74 Å². The van der Waals surface area contributed by atoms with E-state index in [0.717, 1.165) is 29.3 Å². The third-order valence-electron chi connectivity index (χ3n) is 6.01. The fourth-order valence-corrected chi connectivity index (χ4v) is 4.07. The first-order chi connectivity index (χ1) is 16.6. The number of benzene rings is 2. The Morgan fingerprint density at radius 1 is 1.09 bits per heavy atom. The number of hydrogen-bond donors (Lipinski definition) is 0. The summed E-state index contributed by atoms with van der Waals surface area (Å²) < 4.78 is 21.3. The maximum absolute atomic E-state index is 13.5. The molecule has 0 bridgehead atoms. The molecular weight excluding hydrogens is 435 g/mol. The molecule has 1 fully saturated rings. The number of rotatable bonds is 9. The van der Waals surface area contributed by atoms with Gasteiger partial charge in [-0.1, -0.05) is 19.1 Å². The number of nitrogens with zero attached hydrogens (tertiary/aromatic N) is 4. The largest absolute Gasteiger partial charge is 0.489 e. The summed E-state index contributed by atoms with van der Waals surface area (Å²) in [4.78, 5) is 30.8. The maximum atomic E-state index is 13.5.